The van der Waals surface area contributed by atoms with Gasteiger partial charge in [0.15, 0.2) is 0 Å². The Bertz CT molecular complexity index is 549. The minimum Gasteiger partial charge on any atom is -0.598 e. The molecule has 1 aromatic carbocycles. The van der Waals surface area contributed by atoms with Gasteiger partial charge in [0, 0.05) is 16.9 Å². The fourth-order valence-electron chi connectivity index (χ4n) is 1.83. The summed E-state index contributed by atoms with van der Waals surface area (Å²) in [5.74, 6) is -1.79. The number of alkyl halides is 1. The molecule has 1 aromatic rings. The van der Waals surface area contributed by atoms with Crippen molar-refractivity contribution in [1.82, 2.24) is 4.72 Å². The first-order valence-corrected chi connectivity index (χ1v) is 8.47. The highest BCUT2D eigenvalue weighted by Gasteiger charge is 2.39. The van der Waals surface area contributed by atoms with E-state index < -0.39 is 40.1 Å². The van der Waals surface area contributed by atoms with Crippen LogP contribution in [0.4, 0.5) is 8.78 Å². The van der Waals surface area contributed by atoms with Gasteiger partial charge < -0.3 is 9.29 Å². The average molecular weight is 347 g/mol. The molecular weight excluding hydrogens is 324 g/mol. The number of hydrogen-bond donors (Lipinski definition) is 1. The number of nitrogens with one attached hydrogen (secondary N) is 1. The number of halogens is 2. The van der Waals surface area contributed by atoms with Crippen molar-refractivity contribution in [2.75, 3.05) is 6.61 Å². The molecule has 0 saturated heterocycles. The van der Waals surface area contributed by atoms with Gasteiger partial charge in [0.05, 0.1) is 6.61 Å². The SMILES string of the molecule is CCOC(=O)[C@H](F)[C@H](N[S+]([O-])C(C)(C)C)c1cc(C)ccc1F. The molecule has 0 saturated carbocycles. The van der Waals surface area contributed by atoms with Gasteiger partial charge in [-0.05, 0) is 40.7 Å². The quantitative estimate of drug-likeness (QED) is 0.634. The molecule has 0 aliphatic carbocycles. The lowest BCUT2D eigenvalue weighted by atomic mass is 10.0. The highest BCUT2D eigenvalue weighted by atomic mass is 32.2. The predicted molar refractivity (Wildman–Crippen MR) is 86.4 cm³/mol. The summed E-state index contributed by atoms with van der Waals surface area (Å²) in [5, 5.41) is 0. The van der Waals surface area contributed by atoms with E-state index in [2.05, 4.69) is 9.46 Å². The second kappa shape index (κ2) is 8.08. The Morgan fingerprint density at radius 1 is 1.43 bits per heavy atom. The Balaban J connectivity index is 3.20. The normalized spacial score (nSPS) is 15.8. The second-order valence-electron chi connectivity index (χ2n) is 6.16. The second-order valence-corrected chi connectivity index (χ2v) is 8.15. The Hall–Kier alpha value is -1.18. The lowest BCUT2D eigenvalue weighted by Gasteiger charge is -2.29. The summed E-state index contributed by atoms with van der Waals surface area (Å²) in [6, 6.07) is 2.76. The van der Waals surface area contributed by atoms with Crippen molar-refractivity contribution in [2.45, 2.75) is 51.6 Å². The van der Waals surface area contributed by atoms with Crippen LogP contribution in [0.1, 0.15) is 44.9 Å². The van der Waals surface area contributed by atoms with Crippen LogP contribution in [0.15, 0.2) is 18.2 Å². The van der Waals surface area contributed by atoms with Gasteiger partial charge in [-0.25, -0.2) is 13.6 Å². The minimum absolute atomic E-state index is 0.00460. The number of ether oxygens (including phenoxy) is 1. The molecule has 7 heteroatoms. The van der Waals surface area contributed by atoms with E-state index in [0.29, 0.717) is 5.56 Å². The molecule has 0 aliphatic rings. The Morgan fingerprint density at radius 3 is 2.57 bits per heavy atom. The van der Waals surface area contributed by atoms with Gasteiger partial charge in [0.1, 0.15) is 16.6 Å². The van der Waals surface area contributed by atoms with Crippen molar-refractivity contribution in [1.29, 1.82) is 0 Å². The van der Waals surface area contributed by atoms with Gasteiger partial charge in [0.2, 0.25) is 6.17 Å². The van der Waals surface area contributed by atoms with Crippen LogP contribution in [0.3, 0.4) is 0 Å². The van der Waals surface area contributed by atoms with E-state index in [4.69, 9.17) is 0 Å². The molecule has 130 valence electrons. The Labute approximate surface area is 138 Å². The van der Waals surface area contributed by atoms with Gasteiger partial charge >= 0.3 is 5.97 Å². The molecule has 1 N–H and O–H groups in total. The molecule has 0 bridgehead atoms. The number of hydrogen-bond acceptors (Lipinski definition) is 4. The van der Waals surface area contributed by atoms with E-state index in [0.717, 1.165) is 0 Å². The van der Waals surface area contributed by atoms with Crippen molar-refractivity contribution >= 4 is 17.3 Å². The highest BCUT2D eigenvalue weighted by molar-refractivity contribution is 7.90. The molecule has 0 aliphatic heterocycles. The molecule has 0 radical (unpaired) electrons. The van der Waals surface area contributed by atoms with E-state index >= 15 is 0 Å². The first kappa shape index (κ1) is 19.9. The molecule has 0 fully saturated rings. The molecule has 0 aromatic heterocycles. The number of carbonyl (C=O) groups excluding carboxylic acids is 1. The molecule has 4 nitrogen and oxygen atoms in total. The third-order valence-corrected chi connectivity index (χ3v) is 4.66. The van der Waals surface area contributed by atoms with Crippen molar-refractivity contribution in [3.63, 3.8) is 0 Å². The summed E-state index contributed by atoms with van der Waals surface area (Å²) in [6.07, 6.45) is -2.17. The zero-order valence-corrected chi connectivity index (χ0v) is 14.8. The maximum atomic E-state index is 14.6. The van der Waals surface area contributed by atoms with Crippen LogP contribution in [-0.2, 0) is 20.9 Å². The molecule has 0 heterocycles. The fourth-order valence-corrected chi connectivity index (χ4v) is 2.66. The lowest BCUT2D eigenvalue weighted by Crippen LogP contribution is -2.46. The van der Waals surface area contributed by atoms with Gasteiger partial charge in [-0.2, -0.15) is 0 Å². The zero-order chi connectivity index (χ0) is 17.8. The number of carbonyl (C=O) groups is 1. The first-order valence-electron chi connectivity index (χ1n) is 7.32. The van der Waals surface area contributed by atoms with Crippen LogP contribution < -0.4 is 4.72 Å². The van der Waals surface area contributed by atoms with E-state index in [1.165, 1.54) is 18.2 Å². The van der Waals surface area contributed by atoms with Crippen LogP contribution in [0.5, 0.6) is 0 Å². The maximum Gasteiger partial charge on any atom is 0.342 e. The molecule has 1 rings (SSSR count). The molecule has 23 heavy (non-hydrogen) atoms. The van der Waals surface area contributed by atoms with Gasteiger partial charge in [-0.15, -0.1) is 4.72 Å². The third kappa shape index (κ3) is 5.44. The first-order chi connectivity index (χ1) is 10.6. The minimum atomic E-state index is -2.17. The smallest absolute Gasteiger partial charge is 0.342 e. The largest absolute Gasteiger partial charge is 0.598 e. The number of rotatable bonds is 6. The lowest BCUT2D eigenvalue weighted by molar-refractivity contribution is -0.150. The summed E-state index contributed by atoms with van der Waals surface area (Å²) < 4.78 is 47.5. The third-order valence-electron chi connectivity index (χ3n) is 3.08. The Kier molecular flexibility index (Phi) is 6.98. The van der Waals surface area contributed by atoms with Crippen LogP contribution in [0.25, 0.3) is 0 Å². The van der Waals surface area contributed by atoms with Crippen molar-refractivity contribution in [3.8, 4) is 0 Å². The molecular formula is C16H23F2NO3S. The molecule has 0 spiro atoms. The van der Waals surface area contributed by atoms with E-state index in [-0.39, 0.29) is 12.2 Å². The van der Waals surface area contributed by atoms with Crippen LogP contribution >= 0.6 is 0 Å². The maximum absolute atomic E-state index is 14.6. The fraction of sp³-hybridized carbons (Fsp3) is 0.562. The molecule has 3 atom stereocenters. The van der Waals surface area contributed by atoms with Gasteiger partial charge in [-0.3, -0.25) is 0 Å². The zero-order valence-electron chi connectivity index (χ0n) is 14.0. The number of benzene rings is 1. The van der Waals surface area contributed by atoms with E-state index in [1.807, 2.05) is 0 Å². The summed E-state index contributed by atoms with van der Waals surface area (Å²) >= 11 is -1.69. The van der Waals surface area contributed by atoms with E-state index in [9.17, 15) is 18.1 Å². The summed E-state index contributed by atoms with van der Waals surface area (Å²) in [6.45, 7) is 8.35. The van der Waals surface area contributed by atoms with Crippen molar-refractivity contribution in [2.24, 2.45) is 0 Å². The monoisotopic (exact) mass is 347 g/mol. The predicted octanol–water partition coefficient (Wildman–Crippen LogP) is 3.13. The van der Waals surface area contributed by atoms with Crippen molar-refractivity contribution in [3.05, 3.63) is 35.1 Å². The Morgan fingerprint density at radius 2 is 2.04 bits per heavy atom. The average Bonchev–Trinajstić information content (AvgIpc) is 2.45. The highest BCUT2D eigenvalue weighted by Crippen LogP contribution is 2.27. The number of esters is 1. The van der Waals surface area contributed by atoms with Crippen LogP contribution in [0.2, 0.25) is 0 Å². The standard InChI is InChI=1S/C16H23F2NO3S/c1-6-22-15(20)13(18)14(19-23(21)16(3,4)5)11-9-10(2)7-8-12(11)17/h7-9,13-14,19H,6H2,1-5H3/t13-,14-,23?/m1/s1. The summed E-state index contributed by atoms with van der Waals surface area (Å²) in [4.78, 5) is 11.7. The van der Waals surface area contributed by atoms with Crippen LogP contribution in [-0.4, -0.2) is 28.0 Å². The van der Waals surface area contributed by atoms with Gasteiger partial charge in [-0.1, -0.05) is 17.7 Å². The molecule has 0 amide bonds. The van der Waals surface area contributed by atoms with E-state index in [1.54, 1.807) is 34.6 Å². The van der Waals surface area contributed by atoms with Crippen molar-refractivity contribution < 1.29 is 22.9 Å². The summed E-state index contributed by atoms with van der Waals surface area (Å²) in [5.41, 5.74) is 0.647. The topological polar surface area (TPSA) is 61.4 Å². The van der Waals surface area contributed by atoms with Crippen LogP contribution in [0, 0.1) is 12.7 Å². The molecule has 1 unspecified atom stereocenters. The van der Waals surface area contributed by atoms with Gasteiger partial charge in [0.25, 0.3) is 0 Å². The number of aryl methyl sites for hydroxylation is 1. The summed E-state index contributed by atoms with van der Waals surface area (Å²) in [7, 11) is 0.